The molecule has 0 aromatic rings. The lowest BCUT2D eigenvalue weighted by atomic mass is 9.42. The van der Waals surface area contributed by atoms with Crippen LogP contribution in [0, 0.1) is 92.7 Å². The van der Waals surface area contributed by atoms with Crippen LogP contribution in [0.4, 0.5) is 0 Å². The molecule has 10 bridgehead atoms. The van der Waals surface area contributed by atoms with Crippen LogP contribution in [0.1, 0.15) is 156 Å². The molecule has 14 rings (SSSR count). The minimum atomic E-state index is -1.87. The summed E-state index contributed by atoms with van der Waals surface area (Å²) in [6, 6.07) is 0. The number of esters is 7. The largest absolute Gasteiger partial charge is 0.465 e. The highest BCUT2D eigenvalue weighted by molar-refractivity contribution is 6.00. The number of fused-ring (bicyclic) bond motifs is 5. The molecule has 16 unspecified atom stereocenters. The van der Waals surface area contributed by atoms with E-state index in [9.17, 15) is 28.8 Å². The Labute approximate surface area is 415 Å². The Balaban J connectivity index is 0.904. The summed E-state index contributed by atoms with van der Waals surface area (Å²) in [6.45, 7) is 8.34. The van der Waals surface area contributed by atoms with Crippen molar-refractivity contribution < 1.29 is 76.3 Å². The van der Waals surface area contributed by atoms with Gasteiger partial charge in [-0.15, -0.1) is 0 Å². The van der Waals surface area contributed by atoms with Gasteiger partial charge in [0.05, 0.1) is 59.2 Å². The third-order valence-electron chi connectivity index (χ3n) is 21.2. The third-order valence-corrected chi connectivity index (χ3v) is 21.2. The van der Waals surface area contributed by atoms with Gasteiger partial charge >= 0.3 is 41.8 Å². The van der Waals surface area contributed by atoms with Gasteiger partial charge in [-0.25, -0.2) is 0 Å². The van der Waals surface area contributed by atoms with Gasteiger partial charge in [0, 0.05) is 43.4 Å². The maximum atomic E-state index is 16.0. The number of ketones is 1. The van der Waals surface area contributed by atoms with Crippen molar-refractivity contribution in [3.63, 3.8) is 0 Å². The van der Waals surface area contributed by atoms with Gasteiger partial charge in [-0.05, 0) is 152 Å². The Morgan fingerprint density at radius 2 is 1.25 bits per heavy atom. The highest BCUT2D eigenvalue weighted by Crippen LogP contribution is 2.70. The molecule has 71 heavy (non-hydrogen) atoms. The van der Waals surface area contributed by atoms with Crippen molar-refractivity contribution in [2.75, 3.05) is 19.8 Å². The number of hydrogen-bond acceptors (Lipinski definition) is 16. The normalized spacial score (nSPS) is 47.3. The van der Waals surface area contributed by atoms with E-state index in [2.05, 4.69) is 6.92 Å². The lowest BCUT2D eigenvalue weighted by Gasteiger charge is -2.63. The first kappa shape index (κ1) is 48.0. The summed E-state index contributed by atoms with van der Waals surface area (Å²) in [5, 5.41) is 0. The van der Waals surface area contributed by atoms with Gasteiger partial charge in [-0.1, -0.05) is 13.8 Å². The van der Waals surface area contributed by atoms with Crippen molar-refractivity contribution in [2.45, 2.75) is 180 Å². The Morgan fingerprint density at radius 3 is 1.83 bits per heavy atom. The molecule has 10 aliphatic carbocycles. The van der Waals surface area contributed by atoms with Crippen LogP contribution in [-0.4, -0.2) is 91.2 Å². The zero-order valence-electron chi connectivity index (χ0n) is 41.9. The number of rotatable bonds is 13. The average Bonchev–Trinajstić information content (AvgIpc) is 4.05. The fourth-order valence-electron chi connectivity index (χ4n) is 18.9. The summed E-state index contributed by atoms with van der Waals surface area (Å²) in [5.74, 6) is -6.76. The summed E-state index contributed by atoms with van der Waals surface area (Å²) in [5.41, 5.74) is -8.01. The van der Waals surface area contributed by atoms with E-state index in [1.807, 2.05) is 6.92 Å². The van der Waals surface area contributed by atoms with Crippen LogP contribution in [0.15, 0.2) is 0 Å². The molecule has 388 valence electrons. The van der Waals surface area contributed by atoms with E-state index < -0.39 is 93.1 Å². The molecule has 4 heterocycles. The van der Waals surface area contributed by atoms with Crippen LogP contribution in [0.2, 0.25) is 0 Å². The number of Topliss-reactive ketones (excluding diaryl/α,β-unsaturated/α-hetero) is 1. The van der Waals surface area contributed by atoms with Gasteiger partial charge in [-0.2, -0.15) is 0 Å². The van der Waals surface area contributed by atoms with Gasteiger partial charge < -0.3 is 37.9 Å². The van der Waals surface area contributed by atoms with E-state index >= 15 is 9.59 Å². The Kier molecular flexibility index (Phi) is 11.4. The Bertz CT molecular complexity index is 2230. The van der Waals surface area contributed by atoms with E-state index in [0.29, 0.717) is 71.2 Å². The SMILES string of the molecule is CC1C(=O)OC(=O)C1C(C)(CC(C)(CC1C(C)C2CC1C1COC(=O)C21)C(=O)OC12CC3CC(C1)C(=O)C(C3)C2)C(=O)OC12CC3CC(C(=O)OC4CCCCO4)(C1)CC(C(=O)OC1CCCCO1)(C3)C2. The molecule has 4 aliphatic heterocycles. The number of cyclic esters (lactones) is 3. The zero-order chi connectivity index (χ0) is 49.6. The van der Waals surface area contributed by atoms with E-state index in [-0.39, 0.29) is 103 Å². The molecule has 14 aliphatic rings. The van der Waals surface area contributed by atoms with Gasteiger partial charge in [-0.3, -0.25) is 38.4 Å². The Morgan fingerprint density at radius 1 is 0.648 bits per heavy atom. The summed E-state index contributed by atoms with van der Waals surface area (Å²) in [7, 11) is 0. The van der Waals surface area contributed by atoms with Crippen molar-refractivity contribution in [2.24, 2.45) is 92.7 Å². The van der Waals surface area contributed by atoms with Crippen LogP contribution in [0.3, 0.4) is 0 Å². The quantitative estimate of drug-likeness (QED) is 0.104. The Hall–Kier alpha value is -3.92. The average molecular weight is 989 g/mol. The minimum Gasteiger partial charge on any atom is -0.465 e. The van der Waals surface area contributed by atoms with E-state index in [1.54, 1.807) is 13.8 Å². The van der Waals surface area contributed by atoms with Crippen molar-refractivity contribution >= 4 is 47.6 Å². The van der Waals surface area contributed by atoms with E-state index in [0.717, 1.165) is 44.9 Å². The fourth-order valence-corrected chi connectivity index (χ4v) is 18.9. The second kappa shape index (κ2) is 16.8. The van der Waals surface area contributed by atoms with Gasteiger partial charge in [0.15, 0.2) is 0 Å². The lowest BCUT2D eigenvalue weighted by molar-refractivity contribution is -0.256. The van der Waals surface area contributed by atoms with Crippen molar-refractivity contribution in [3.8, 4) is 0 Å². The molecule has 0 N–H and O–H groups in total. The predicted octanol–water partition coefficient (Wildman–Crippen LogP) is 6.89. The van der Waals surface area contributed by atoms with Crippen LogP contribution in [0.25, 0.3) is 0 Å². The van der Waals surface area contributed by atoms with E-state index in [1.165, 1.54) is 0 Å². The molecule has 0 aromatic heterocycles. The molecule has 16 atom stereocenters. The van der Waals surface area contributed by atoms with Crippen LogP contribution < -0.4 is 0 Å². The van der Waals surface area contributed by atoms with E-state index in [4.69, 9.17) is 37.9 Å². The third kappa shape index (κ3) is 7.67. The molecule has 10 saturated carbocycles. The molecule has 16 heteroatoms. The zero-order valence-corrected chi connectivity index (χ0v) is 41.9. The molecule has 0 spiro atoms. The van der Waals surface area contributed by atoms with Crippen molar-refractivity contribution in [3.05, 3.63) is 0 Å². The summed E-state index contributed by atoms with van der Waals surface area (Å²) in [4.78, 5) is 115. The van der Waals surface area contributed by atoms with Crippen LogP contribution in [0.5, 0.6) is 0 Å². The lowest BCUT2D eigenvalue weighted by Crippen LogP contribution is -2.66. The first-order valence-electron chi connectivity index (χ1n) is 27.3. The molecule has 0 amide bonds. The maximum absolute atomic E-state index is 16.0. The van der Waals surface area contributed by atoms with Crippen molar-refractivity contribution in [1.29, 1.82) is 0 Å². The predicted molar refractivity (Wildman–Crippen MR) is 243 cm³/mol. The van der Waals surface area contributed by atoms with Gasteiger partial charge in [0.1, 0.15) is 17.0 Å². The summed E-state index contributed by atoms with van der Waals surface area (Å²) in [6.07, 6.45) is 8.43. The number of carbonyl (C=O) groups is 8. The monoisotopic (exact) mass is 988 g/mol. The minimum absolute atomic E-state index is 0.00500. The molecular formula is C55H72O16. The van der Waals surface area contributed by atoms with Gasteiger partial charge in [0.25, 0.3) is 0 Å². The fraction of sp³-hybridized carbons (Fsp3) is 0.855. The molecule has 14 fully saturated rings. The summed E-state index contributed by atoms with van der Waals surface area (Å²) >= 11 is 0. The number of carbonyl (C=O) groups excluding carboxylic acids is 8. The molecule has 0 radical (unpaired) electrons. The first-order chi connectivity index (χ1) is 33.7. The summed E-state index contributed by atoms with van der Waals surface area (Å²) < 4.78 is 48.8. The highest BCUT2D eigenvalue weighted by atomic mass is 16.7. The number of hydrogen-bond donors (Lipinski definition) is 0. The smallest absolute Gasteiger partial charge is 0.318 e. The molecular weight excluding hydrogens is 917 g/mol. The maximum Gasteiger partial charge on any atom is 0.318 e. The standard InChI is InChI=1S/C55H72O16/c1-28-34-15-35(37-23-66-44(58)40(34)37)36(28)22-50(3,46(60)70-54-18-30-13-32(20-54)42(56)33(14-30)21-54)24-51(4,41-29(2)43(57)69-45(41)59)47(61)71-55-19-31-16-52(26-55,48(62)67-38-9-5-7-11-64-38)25-53(17-31,27-55)49(63)68-39-10-6-8-12-65-39/h28-41H,5-27H2,1-4H3. The molecule has 0 aromatic carbocycles. The topological polar surface area (TPSA) is 210 Å². The molecule has 4 saturated heterocycles. The first-order valence-corrected chi connectivity index (χ1v) is 27.3. The van der Waals surface area contributed by atoms with Crippen LogP contribution in [-0.2, 0) is 76.3 Å². The van der Waals surface area contributed by atoms with Crippen molar-refractivity contribution in [1.82, 2.24) is 0 Å². The second-order valence-corrected chi connectivity index (χ2v) is 26.1. The highest BCUT2D eigenvalue weighted by Gasteiger charge is 2.73. The van der Waals surface area contributed by atoms with Crippen LogP contribution >= 0.6 is 0 Å². The second-order valence-electron chi connectivity index (χ2n) is 26.1. The molecule has 16 nitrogen and oxygen atoms in total. The van der Waals surface area contributed by atoms with Gasteiger partial charge in [0.2, 0.25) is 12.6 Å². The number of ether oxygens (including phenoxy) is 8.